The number of alkyl halides is 3. The molecule has 2 heterocycles. The first-order valence-corrected chi connectivity index (χ1v) is 10.6. The van der Waals surface area contributed by atoms with Gasteiger partial charge >= 0.3 is 12.1 Å². The number of hydrogen-bond acceptors (Lipinski definition) is 4. The first-order valence-electron chi connectivity index (χ1n) is 10.6. The zero-order valence-electron chi connectivity index (χ0n) is 18.8. The Morgan fingerprint density at radius 2 is 1.88 bits per heavy atom. The summed E-state index contributed by atoms with van der Waals surface area (Å²) in [5, 5.41) is 12.6. The van der Waals surface area contributed by atoms with E-state index in [0.29, 0.717) is 24.5 Å². The highest BCUT2D eigenvalue weighted by molar-refractivity contribution is 5.94. The van der Waals surface area contributed by atoms with Crippen molar-refractivity contribution in [1.82, 2.24) is 20.3 Å². The molecule has 178 valence electrons. The minimum atomic E-state index is -4.14. The van der Waals surface area contributed by atoms with E-state index in [-0.39, 0.29) is 5.56 Å². The zero-order chi connectivity index (χ0) is 24.7. The molecule has 0 unspecified atom stereocenters. The Labute approximate surface area is 194 Å². The third-order valence-electron chi connectivity index (χ3n) is 5.00. The largest absolute Gasteiger partial charge is 0.478 e. The van der Waals surface area contributed by atoms with Crippen LogP contribution in [0.3, 0.4) is 0 Å². The highest BCUT2D eigenvalue weighted by Crippen LogP contribution is 2.22. The molecule has 6 nitrogen and oxygen atoms in total. The van der Waals surface area contributed by atoms with Crippen molar-refractivity contribution in [3.05, 3.63) is 83.4 Å². The smallest absolute Gasteiger partial charge is 0.401 e. The van der Waals surface area contributed by atoms with E-state index >= 15 is 0 Å². The summed E-state index contributed by atoms with van der Waals surface area (Å²) in [6.45, 7) is 3.08. The lowest BCUT2D eigenvalue weighted by molar-refractivity contribution is -0.124. The molecule has 0 radical (unpaired) electrons. The first-order chi connectivity index (χ1) is 16.1. The van der Waals surface area contributed by atoms with Crippen LogP contribution in [0.25, 0.3) is 22.2 Å². The molecule has 3 N–H and O–H groups in total. The van der Waals surface area contributed by atoms with Gasteiger partial charge in [-0.3, -0.25) is 0 Å². The SMILES string of the molecule is Cc1cccc(-c2nc(C)ncc2C(=O)O)c1.FC(F)(F)CNCCc1c[nH]c2ccccc12. The quantitative estimate of drug-likeness (QED) is 0.332. The van der Waals surface area contributed by atoms with Gasteiger partial charge in [0.1, 0.15) is 11.4 Å². The number of nitrogens with one attached hydrogen (secondary N) is 2. The van der Waals surface area contributed by atoms with E-state index in [1.165, 1.54) is 6.20 Å². The fourth-order valence-corrected chi connectivity index (χ4v) is 3.43. The molecule has 0 saturated carbocycles. The van der Waals surface area contributed by atoms with Gasteiger partial charge in [-0.2, -0.15) is 13.2 Å². The van der Waals surface area contributed by atoms with Crippen molar-refractivity contribution < 1.29 is 23.1 Å². The van der Waals surface area contributed by atoms with Gasteiger partial charge in [0.2, 0.25) is 0 Å². The second kappa shape index (κ2) is 10.9. The maximum atomic E-state index is 11.9. The van der Waals surface area contributed by atoms with E-state index < -0.39 is 18.7 Å². The second-order valence-electron chi connectivity index (χ2n) is 7.76. The fraction of sp³-hybridized carbons (Fsp3) is 0.240. The molecule has 0 atom stereocenters. The van der Waals surface area contributed by atoms with E-state index in [2.05, 4.69) is 20.3 Å². The standard InChI is InChI=1S/C13H12N2O2.C12H13F3N2/c1-8-4-3-5-10(6-8)12-11(13(16)17)7-14-9(2)15-12;13-12(14,15)8-16-6-5-9-7-17-11-4-2-1-3-10(9)11/h3-7H,1-2H3,(H,16,17);1-4,7,16-17H,5-6,8H2. The van der Waals surface area contributed by atoms with Gasteiger partial charge < -0.3 is 15.4 Å². The predicted octanol–water partition coefficient (Wildman–Crippen LogP) is 5.32. The van der Waals surface area contributed by atoms with Gasteiger partial charge in [0.15, 0.2) is 0 Å². The van der Waals surface area contributed by atoms with Crippen molar-refractivity contribution >= 4 is 16.9 Å². The van der Waals surface area contributed by atoms with Gasteiger partial charge in [0, 0.05) is 28.9 Å². The highest BCUT2D eigenvalue weighted by Gasteiger charge is 2.25. The van der Waals surface area contributed by atoms with Crippen molar-refractivity contribution in [1.29, 1.82) is 0 Å². The number of fused-ring (bicyclic) bond motifs is 1. The van der Waals surface area contributed by atoms with E-state index in [1.807, 2.05) is 61.7 Å². The van der Waals surface area contributed by atoms with Crippen LogP contribution in [0.2, 0.25) is 0 Å². The number of carboxylic acid groups (broad SMARTS) is 1. The number of aromatic nitrogens is 3. The van der Waals surface area contributed by atoms with Crippen molar-refractivity contribution in [2.45, 2.75) is 26.4 Å². The van der Waals surface area contributed by atoms with E-state index in [1.54, 1.807) is 6.92 Å². The van der Waals surface area contributed by atoms with Gasteiger partial charge in [0.25, 0.3) is 0 Å². The summed E-state index contributed by atoms with van der Waals surface area (Å²) in [6, 6.07) is 15.3. The molecular formula is C25H25F3N4O2. The molecule has 0 aliphatic rings. The molecule has 0 spiro atoms. The number of rotatable bonds is 6. The molecule has 0 aliphatic heterocycles. The molecule has 0 saturated heterocycles. The Bertz CT molecular complexity index is 1270. The topological polar surface area (TPSA) is 90.9 Å². The van der Waals surface area contributed by atoms with Crippen LogP contribution >= 0.6 is 0 Å². The molecule has 0 amide bonds. The Hall–Kier alpha value is -3.72. The summed E-state index contributed by atoms with van der Waals surface area (Å²) >= 11 is 0. The zero-order valence-corrected chi connectivity index (χ0v) is 18.8. The van der Waals surface area contributed by atoms with Crippen molar-refractivity contribution in [2.75, 3.05) is 13.1 Å². The van der Waals surface area contributed by atoms with Crippen LogP contribution in [-0.2, 0) is 6.42 Å². The summed E-state index contributed by atoms with van der Waals surface area (Å²) in [5.41, 5.74) is 4.51. The summed E-state index contributed by atoms with van der Waals surface area (Å²) < 4.78 is 35.7. The number of para-hydroxylation sites is 1. The van der Waals surface area contributed by atoms with Crippen molar-refractivity contribution in [3.63, 3.8) is 0 Å². The van der Waals surface area contributed by atoms with Gasteiger partial charge in [-0.05, 0) is 44.5 Å². The van der Waals surface area contributed by atoms with Gasteiger partial charge in [0.05, 0.1) is 12.2 Å². The molecule has 4 aromatic rings. The average Bonchev–Trinajstić information content (AvgIpc) is 3.19. The molecule has 4 rings (SSSR count). The van der Waals surface area contributed by atoms with Crippen LogP contribution in [-0.4, -0.2) is 45.3 Å². The number of halogens is 3. The summed E-state index contributed by atoms with van der Waals surface area (Å²) in [7, 11) is 0. The predicted molar refractivity (Wildman–Crippen MR) is 125 cm³/mol. The lowest BCUT2D eigenvalue weighted by Gasteiger charge is -2.07. The second-order valence-corrected chi connectivity index (χ2v) is 7.76. The van der Waals surface area contributed by atoms with Gasteiger partial charge in [-0.15, -0.1) is 0 Å². The van der Waals surface area contributed by atoms with Crippen LogP contribution in [0.5, 0.6) is 0 Å². The number of carboxylic acids is 1. The normalized spacial score (nSPS) is 11.2. The number of aromatic amines is 1. The lowest BCUT2D eigenvalue weighted by atomic mass is 10.0. The summed E-state index contributed by atoms with van der Waals surface area (Å²) in [6.07, 6.45) is -0.359. The van der Waals surface area contributed by atoms with E-state index in [4.69, 9.17) is 5.11 Å². The van der Waals surface area contributed by atoms with E-state index in [9.17, 15) is 18.0 Å². The number of aromatic carboxylic acids is 1. The fourth-order valence-electron chi connectivity index (χ4n) is 3.43. The minimum absolute atomic E-state index is 0.126. The Kier molecular flexibility index (Phi) is 8.01. The Morgan fingerprint density at radius 1 is 1.12 bits per heavy atom. The first kappa shape index (κ1) is 24.9. The highest BCUT2D eigenvalue weighted by atomic mass is 19.4. The van der Waals surface area contributed by atoms with Crippen LogP contribution < -0.4 is 5.32 Å². The number of carbonyl (C=O) groups is 1. The third-order valence-corrected chi connectivity index (χ3v) is 5.00. The lowest BCUT2D eigenvalue weighted by Crippen LogP contribution is -2.30. The molecular weight excluding hydrogens is 445 g/mol. The number of nitrogens with zero attached hydrogens (tertiary/aromatic N) is 2. The molecule has 34 heavy (non-hydrogen) atoms. The average molecular weight is 470 g/mol. The molecule has 9 heteroatoms. The Balaban J connectivity index is 0.000000191. The number of hydrogen-bond donors (Lipinski definition) is 3. The molecule has 0 aliphatic carbocycles. The van der Waals surface area contributed by atoms with Crippen molar-refractivity contribution in [2.24, 2.45) is 0 Å². The number of aryl methyl sites for hydroxylation is 2. The maximum Gasteiger partial charge on any atom is 0.401 e. The summed E-state index contributed by atoms with van der Waals surface area (Å²) in [4.78, 5) is 22.3. The van der Waals surface area contributed by atoms with E-state index in [0.717, 1.165) is 27.6 Å². The third kappa shape index (κ3) is 6.89. The monoisotopic (exact) mass is 470 g/mol. The van der Waals surface area contributed by atoms with Gasteiger partial charge in [-0.1, -0.05) is 42.0 Å². The maximum absolute atomic E-state index is 11.9. The summed E-state index contributed by atoms with van der Waals surface area (Å²) in [5.74, 6) is -0.451. The Morgan fingerprint density at radius 3 is 2.59 bits per heavy atom. The van der Waals surface area contributed by atoms with Crippen LogP contribution in [0.15, 0.2) is 60.9 Å². The molecule has 0 fully saturated rings. The molecule has 2 aromatic carbocycles. The van der Waals surface area contributed by atoms with Crippen LogP contribution in [0.1, 0.15) is 27.3 Å². The number of benzene rings is 2. The molecule has 0 bridgehead atoms. The van der Waals surface area contributed by atoms with Crippen molar-refractivity contribution in [3.8, 4) is 11.3 Å². The van der Waals surface area contributed by atoms with Crippen LogP contribution in [0, 0.1) is 13.8 Å². The minimum Gasteiger partial charge on any atom is -0.478 e. The number of H-pyrrole nitrogens is 1. The van der Waals surface area contributed by atoms with Crippen LogP contribution in [0.4, 0.5) is 13.2 Å². The molecule has 2 aromatic heterocycles. The van der Waals surface area contributed by atoms with Gasteiger partial charge in [-0.25, -0.2) is 14.8 Å².